The van der Waals surface area contributed by atoms with Gasteiger partial charge < -0.3 is 1.43 Å². The van der Waals surface area contributed by atoms with Crippen LogP contribution in [0.1, 0.15) is 1.43 Å². The molecule has 0 spiro atoms. The molecule has 0 saturated carbocycles. The second-order valence-corrected chi connectivity index (χ2v) is 0. The fourth-order valence-corrected chi connectivity index (χ4v) is 0. The van der Waals surface area contributed by atoms with E-state index in [1.54, 1.807) is 0 Å². The third-order valence-corrected chi connectivity index (χ3v) is 0. The molecular weight excluding hydrogens is 263 g/mol. The van der Waals surface area contributed by atoms with Crippen LogP contribution in [0, 0.1) is 0 Å². The van der Waals surface area contributed by atoms with E-state index < -0.39 is 0 Å². The molecule has 0 heterocycles. The average molecular weight is 267 g/mol. The Morgan fingerprint density at radius 2 is 0.750 bits per heavy atom. The van der Waals surface area contributed by atoms with Crippen LogP contribution in [0.3, 0.4) is 0 Å². The molecule has 0 aliphatic carbocycles. The summed E-state index contributed by atoms with van der Waals surface area (Å²) in [5, 5.41) is 0. The summed E-state index contributed by atoms with van der Waals surface area (Å²) in [6.45, 7) is 0. The molecule has 0 radical (unpaired) electrons. The molecule has 0 atom stereocenters. The maximum atomic E-state index is 0. The second-order valence-electron chi connectivity index (χ2n) is 0. The molecule has 0 aromatic rings. The van der Waals surface area contributed by atoms with Gasteiger partial charge in [-0.2, -0.15) is 0 Å². The first-order chi connectivity index (χ1) is 0. The molecule has 4 heavy (non-hydrogen) atoms. The minimum absolute atomic E-state index is 0. The Balaban J connectivity index is 0. The molecule has 0 unspecified atom stereocenters. The van der Waals surface area contributed by atoms with Gasteiger partial charge >= 0.3 is 29.6 Å². The fraction of sp³-hybridized carbons (Fsp3) is 0. The maximum Gasteiger partial charge on any atom is 1.00 e. The van der Waals surface area contributed by atoms with Gasteiger partial charge in [0, 0.05) is 0 Å². The van der Waals surface area contributed by atoms with Crippen LogP contribution in [0.4, 0.5) is 0 Å². The average Bonchev–Trinajstić information content (AvgIpc) is 0. The molecule has 0 bridgehead atoms. The summed E-state index contributed by atoms with van der Waals surface area (Å²) in [7, 11) is 0. The van der Waals surface area contributed by atoms with Crippen LogP contribution >= 0.6 is 50.9 Å². The van der Waals surface area contributed by atoms with E-state index in [2.05, 4.69) is 0 Å². The van der Waals surface area contributed by atoms with Gasteiger partial charge in [-0.25, -0.2) is 0 Å². The van der Waals surface area contributed by atoms with Gasteiger partial charge in [-0.3, -0.25) is 0 Å². The minimum Gasteiger partial charge on any atom is -1.00 e. The third-order valence-electron chi connectivity index (χ3n) is 0. The standard InChI is InChI=1S/3BrH.Na.H/h3*1H;;/q;;;+1;-1. The van der Waals surface area contributed by atoms with E-state index in [1.165, 1.54) is 0 Å². The summed E-state index contributed by atoms with van der Waals surface area (Å²) < 4.78 is 0. The number of halogens is 3. The van der Waals surface area contributed by atoms with Crippen LogP contribution in [-0.4, -0.2) is 0 Å². The molecular formula is H4Br3Na. The van der Waals surface area contributed by atoms with Crippen molar-refractivity contribution in [3.63, 3.8) is 0 Å². The van der Waals surface area contributed by atoms with Crippen molar-refractivity contribution >= 4 is 50.9 Å². The summed E-state index contributed by atoms with van der Waals surface area (Å²) in [5.74, 6) is 0. The Morgan fingerprint density at radius 3 is 0.750 bits per heavy atom. The van der Waals surface area contributed by atoms with Crippen molar-refractivity contribution in [3.8, 4) is 0 Å². The third kappa shape index (κ3) is 8.83. The van der Waals surface area contributed by atoms with Gasteiger partial charge in [0.1, 0.15) is 0 Å². The van der Waals surface area contributed by atoms with E-state index in [0.717, 1.165) is 0 Å². The molecule has 4 heteroatoms. The van der Waals surface area contributed by atoms with Crippen molar-refractivity contribution in [2.24, 2.45) is 0 Å². The fourth-order valence-electron chi connectivity index (χ4n) is 0. The van der Waals surface area contributed by atoms with Gasteiger partial charge in [-0.1, -0.05) is 0 Å². The summed E-state index contributed by atoms with van der Waals surface area (Å²) in [6, 6.07) is 0. The zero-order valence-electron chi connectivity index (χ0n) is 3.22. The van der Waals surface area contributed by atoms with Gasteiger partial charge in [-0.15, -0.1) is 50.9 Å². The predicted octanol–water partition coefficient (Wildman–Crippen LogP) is -1.15. The zero-order chi connectivity index (χ0) is 0. The van der Waals surface area contributed by atoms with E-state index >= 15 is 0 Å². The Labute approximate surface area is 80.8 Å². The first kappa shape index (κ1) is 32.0. The SMILES string of the molecule is Br.Br.Br.[H-].[Na+]. The van der Waals surface area contributed by atoms with Gasteiger partial charge in [0.2, 0.25) is 0 Å². The van der Waals surface area contributed by atoms with Crippen LogP contribution in [0.2, 0.25) is 0 Å². The molecule has 0 amide bonds. The molecule has 0 aromatic carbocycles. The van der Waals surface area contributed by atoms with Crippen molar-refractivity contribution in [3.05, 3.63) is 0 Å². The van der Waals surface area contributed by atoms with Gasteiger partial charge in [-0.05, 0) is 0 Å². The van der Waals surface area contributed by atoms with E-state index in [1.807, 2.05) is 0 Å². The molecule has 26 valence electrons. The van der Waals surface area contributed by atoms with Gasteiger partial charge in [0.05, 0.1) is 0 Å². The largest absolute Gasteiger partial charge is 1.00 e. The maximum absolute atomic E-state index is 0. The van der Waals surface area contributed by atoms with Crippen LogP contribution in [0.15, 0.2) is 0 Å². The van der Waals surface area contributed by atoms with Crippen LogP contribution in [0.5, 0.6) is 0 Å². The summed E-state index contributed by atoms with van der Waals surface area (Å²) in [4.78, 5) is 0. The minimum atomic E-state index is 0. The quantitative estimate of drug-likeness (QED) is 0.486. The monoisotopic (exact) mass is 264 g/mol. The molecule has 0 aliphatic heterocycles. The molecule has 0 rings (SSSR count). The van der Waals surface area contributed by atoms with E-state index in [0.29, 0.717) is 0 Å². The molecule has 0 aliphatic rings. The number of hydrogen-bond donors (Lipinski definition) is 0. The van der Waals surface area contributed by atoms with E-state index in [4.69, 9.17) is 0 Å². The molecule has 0 saturated heterocycles. The van der Waals surface area contributed by atoms with Crippen LogP contribution in [-0.2, 0) is 0 Å². The summed E-state index contributed by atoms with van der Waals surface area (Å²) in [5.41, 5.74) is 0. The normalized spacial score (nSPS) is 0. The van der Waals surface area contributed by atoms with Crippen LogP contribution in [0.25, 0.3) is 0 Å². The first-order valence-electron chi connectivity index (χ1n) is 0. The summed E-state index contributed by atoms with van der Waals surface area (Å²) >= 11 is 0. The molecule has 0 N–H and O–H groups in total. The van der Waals surface area contributed by atoms with Gasteiger partial charge in [0.15, 0.2) is 0 Å². The van der Waals surface area contributed by atoms with Crippen molar-refractivity contribution in [2.45, 2.75) is 0 Å². The second kappa shape index (κ2) is 18.0. The molecule has 0 fully saturated rings. The Kier molecular flexibility index (Phi) is 144. The Morgan fingerprint density at radius 1 is 0.750 bits per heavy atom. The smallest absolute Gasteiger partial charge is 1.00 e. The topological polar surface area (TPSA) is 0 Å². The van der Waals surface area contributed by atoms with Crippen molar-refractivity contribution < 1.29 is 31.0 Å². The molecule has 0 nitrogen and oxygen atoms in total. The first-order valence-corrected chi connectivity index (χ1v) is 0. The Bertz CT molecular complexity index is 6.85. The summed E-state index contributed by atoms with van der Waals surface area (Å²) in [6.07, 6.45) is 0. The zero-order valence-corrected chi connectivity index (χ0v) is 9.36. The predicted molar refractivity (Wildman–Crippen MR) is 32.1 cm³/mol. The number of hydrogen-bond acceptors (Lipinski definition) is 0. The van der Waals surface area contributed by atoms with Gasteiger partial charge in [0.25, 0.3) is 0 Å². The Hall–Kier alpha value is 2.44. The van der Waals surface area contributed by atoms with Crippen molar-refractivity contribution in [1.82, 2.24) is 0 Å². The molecule has 0 aromatic heterocycles. The van der Waals surface area contributed by atoms with E-state index in [9.17, 15) is 0 Å². The van der Waals surface area contributed by atoms with Crippen LogP contribution < -0.4 is 29.6 Å². The van der Waals surface area contributed by atoms with Crippen molar-refractivity contribution in [2.75, 3.05) is 0 Å². The van der Waals surface area contributed by atoms with E-state index in [-0.39, 0.29) is 81.9 Å². The number of rotatable bonds is 0. The van der Waals surface area contributed by atoms with Crippen molar-refractivity contribution in [1.29, 1.82) is 0 Å².